The van der Waals surface area contributed by atoms with Gasteiger partial charge in [0.1, 0.15) is 0 Å². The van der Waals surface area contributed by atoms with Crippen molar-refractivity contribution in [3.63, 3.8) is 0 Å². The molecule has 148 valence electrons. The van der Waals surface area contributed by atoms with Crippen molar-refractivity contribution in [3.8, 4) is 11.5 Å². The van der Waals surface area contributed by atoms with Crippen LogP contribution >= 0.6 is 0 Å². The van der Waals surface area contributed by atoms with Crippen LogP contribution in [0.4, 0.5) is 5.69 Å². The lowest BCUT2D eigenvalue weighted by atomic mass is 9.96. The number of aromatic nitrogens is 1. The van der Waals surface area contributed by atoms with Crippen LogP contribution in [0.3, 0.4) is 0 Å². The van der Waals surface area contributed by atoms with Crippen LogP contribution in [0.25, 0.3) is 0 Å². The maximum Gasteiger partial charge on any atom is 0.184 e. The van der Waals surface area contributed by atoms with Crippen LogP contribution in [0.15, 0.2) is 24.4 Å². The summed E-state index contributed by atoms with van der Waals surface area (Å²) in [5.41, 5.74) is 4.89. The summed E-state index contributed by atoms with van der Waals surface area (Å²) < 4.78 is 16.8. The summed E-state index contributed by atoms with van der Waals surface area (Å²) >= 11 is 0. The highest BCUT2D eigenvalue weighted by Gasteiger charge is 2.37. The zero-order chi connectivity index (χ0) is 19.7. The van der Waals surface area contributed by atoms with Crippen molar-refractivity contribution in [2.75, 3.05) is 45.4 Å². The van der Waals surface area contributed by atoms with Crippen LogP contribution in [0.1, 0.15) is 27.2 Å². The first-order valence-corrected chi connectivity index (χ1v) is 9.69. The Bertz CT molecular complexity index is 890. The standard InChI is InChI=1S/C22H26N2O4/c1-14-5-4-6-23-18(14)12-15-11-16-17(21(15)25)13-19(26-2)22(27-3)20(16)24-7-9-28-10-8-24/h4-6,13,15H,7-12H2,1-3H3. The summed E-state index contributed by atoms with van der Waals surface area (Å²) in [4.78, 5) is 20.0. The first-order chi connectivity index (χ1) is 13.6. The van der Waals surface area contributed by atoms with E-state index in [1.54, 1.807) is 20.4 Å². The van der Waals surface area contributed by atoms with Crippen molar-refractivity contribution >= 4 is 11.5 Å². The van der Waals surface area contributed by atoms with Crippen LogP contribution in [-0.2, 0) is 17.6 Å². The van der Waals surface area contributed by atoms with E-state index in [9.17, 15) is 4.79 Å². The lowest BCUT2D eigenvalue weighted by Crippen LogP contribution is -2.37. The highest BCUT2D eigenvalue weighted by atomic mass is 16.5. The molecule has 1 aromatic carbocycles. The molecule has 2 heterocycles. The number of ketones is 1. The van der Waals surface area contributed by atoms with E-state index in [0.717, 1.165) is 41.2 Å². The van der Waals surface area contributed by atoms with E-state index in [1.807, 2.05) is 25.1 Å². The van der Waals surface area contributed by atoms with Crippen molar-refractivity contribution in [3.05, 3.63) is 46.8 Å². The fourth-order valence-electron chi connectivity index (χ4n) is 4.25. The number of hydrogen-bond acceptors (Lipinski definition) is 6. The van der Waals surface area contributed by atoms with Gasteiger partial charge in [-0.25, -0.2) is 0 Å². The van der Waals surface area contributed by atoms with Gasteiger partial charge in [-0.3, -0.25) is 9.78 Å². The molecule has 0 amide bonds. The molecule has 1 fully saturated rings. The summed E-state index contributed by atoms with van der Waals surface area (Å²) in [6, 6.07) is 5.81. The summed E-state index contributed by atoms with van der Waals surface area (Å²) in [5, 5.41) is 0. The predicted molar refractivity (Wildman–Crippen MR) is 107 cm³/mol. The molecule has 6 heteroatoms. The lowest BCUT2D eigenvalue weighted by molar-refractivity contribution is 0.0935. The van der Waals surface area contributed by atoms with Gasteiger partial charge in [0.25, 0.3) is 0 Å². The zero-order valence-electron chi connectivity index (χ0n) is 16.7. The summed E-state index contributed by atoms with van der Waals surface area (Å²) in [5.74, 6) is 1.35. The molecular weight excluding hydrogens is 356 g/mol. The number of anilines is 1. The summed E-state index contributed by atoms with van der Waals surface area (Å²) in [6.07, 6.45) is 3.13. The predicted octanol–water partition coefficient (Wildman–Crippen LogP) is 2.84. The molecule has 2 aromatic rings. The number of fused-ring (bicyclic) bond motifs is 1. The Labute approximate surface area is 165 Å². The molecule has 1 aliphatic heterocycles. The highest BCUT2D eigenvalue weighted by Crippen LogP contribution is 2.47. The normalized spacial score (nSPS) is 18.9. The number of benzene rings is 1. The van der Waals surface area contributed by atoms with Crippen molar-refractivity contribution < 1.29 is 19.0 Å². The molecule has 28 heavy (non-hydrogen) atoms. The van der Waals surface area contributed by atoms with Gasteiger partial charge in [0.15, 0.2) is 17.3 Å². The fourth-order valence-corrected chi connectivity index (χ4v) is 4.25. The Balaban J connectivity index is 1.75. The van der Waals surface area contributed by atoms with E-state index in [0.29, 0.717) is 37.6 Å². The molecule has 2 aliphatic rings. The zero-order valence-corrected chi connectivity index (χ0v) is 16.7. The van der Waals surface area contributed by atoms with E-state index in [-0.39, 0.29) is 11.7 Å². The summed E-state index contributed by atoms with van der Waals surface area (Å²) in [7, 11) is 3.27. The minimum Gasteiger partial charge on any atom is -0.493 e. The largest absolute Gasteiger partial charge is 0.493 e. The topological polar surface area (TPSA) is 60.9 Å². The highest BCUT2D eigenvalue weighted by molar-refractivity contribution is 6.05. The van der Waals surface area contributed by atoms with E-state index in [2.05, 4.69) is 9.88 Å². The maximum atomic E-state index is 13.2. The maximum absolute atomic E-state index is 13.2. The number of hydrogen-bond donors (Lipinski definition) is 0. The van der Waals surface area contributed by atoms with Gasteiger partial charge in [-0.1, -0.05) is 6.07 Å². The molecule has 1 saturated heterocycles. The Morgan fingerprint density at radius 2 is 2.04 bits per heavy atom. The molecule has 0 spiro atoms. The number of methoxy groups -OCH3 is 2. The lowest BCUT2D eigenvalue weighted by Gasteiger charge is -2.32. The number of ether oxygens (including phenoxy) is 3. The number of pyridine rings is 1. The van der Waals surface area contributed by atoms with E-state index in [1.165, 1.54) is 0 Å². The number of nitrogens with zero attached hydrogens (tertiary/aromatic N) is 2. The second-order valence-electron chi connectivity index (χ2n) is 7.32. The summed E-state index contributed by atoms with van der Waals surface area (Å²) in [6.45, 7) is 4.92. The third-order valence-corrected chi connectivity index (χ3v) is 5.72. The molecule has 1 aliphatic carbocycles. The molecule has 1 aromatic heterocycles. The molecule has 6 nitrogen and oxygen atoms in total. The van der Waals surface area contributed by atoms with Gasteiger partial charge in [-0.15, -0.1) is 0 Å². The van der Waals surface area contributed by atoms with Gasteiger partial charge in [0.05, 0.1) is 33.1 Å². The second-order valence-corrected chi connectivity index (χ2v) is 7.32. The number of morpholine rings is 1. The number of rotatable bonds is 5. The Morgan fingerprint density at radius 1 is 1.25 bits per heavy atom. The molecule has 0 radical (unpaired) electrons. The van der Waals surface area contributed by atoms with E-state index < -0.39 is 0 Å². The molecule has 1 atom stereocenters. The molecule has 0 saturated carbocycles. The van der Waals surface area contributed by atoms with Crippen molar-refractivity contribution in [2.24, 2.45) is 5.92 Å². The van der Waals surface area contributed by atoms with Gasteiger partial charge < -0.3 is 19.1 Å². The molecule has 1 unspecified atom stereocenters. The van der Waals surface area contributed by atoms with Crippen molar-refractivity contribution in [2.45, 2.75) is 19.8 Å². The molecule has 0 bridgehead atoms. The second kappa shape index (κ2) is 7.80. The van der Waals surface area contributed by atoms with Gasteiger partial charge in [0.2, 0.25) is 0 Å². The monoisotopic (exact) mass is 382 g/mol. The third-order valence-electron chi connectivity index (χ3n) is 5.72. The molecule has 4 rings (SSSR count). The number of aryl methyl sites for hydroxylation is 1. The minimum atomic E-state index is -0.111. The van der Waals surface area contributed by atoms with E-state index in [4.69, 9.17) is 14.2 Å². The SMILES string of the molecule is COc1cc2c(c(N3CCOCC3)c1OC)CC(Cc1ncccc1C)C2=O. The van der Waals surface area contributed by atoms with Crippen LogP contribution in [0.2, 0.25) is 0 Å². The van der Waals surface area contributed by atoms with Crippen LogP contribution in [0, 0.1) is 12.8 Å². The quantitative estimate of drug-likeness (QED) is 0.793. The van der Waals surface area contributed by atoms with Crippen molar-refractivity contribution in [1.29, 1.82) is 0 Å². The average molecular weight is 382 g/mol. The van der Waals surface area contributed by atoms with Gasteiger partial charge in [0, 0.05) is 42.9 Å². The van der Waals surface area contributed by atoms with E-state index >= 15 is 0 Å². The molecule has 0 N–H and O–H groups in total. The van der Waals surface area contributed by atoms with Crippen LogP contribution in [-0.4, -0.2) is 51.3 Å². The first-order valence-electron chi connectivity index (χ1n) is 9.69. The van der Waals surface area contributed by atoms with Crippen LogP contribution in [0.5, 0.6) is 11.5 Å². The van der Waals surface area contributed by atoms with Gasteiger partial charge in [-0.2, -0.15) is 0 Å². The average Bonchev–Trinajstić information content (AvgIpc) is 3.04. The van der Waals surface area contributed by atoms with Crippen molar-refractivity contribution in [1.82, 2.24) is 4.98 Å². The Hall–Kier alpha value is -2.60. The first kappa shape index (κ1) is 18.7. The molecular formula is C22H26N2O4. The van der Waals surface area contributed by atoms with Gasteiger partial charge in [-0.05, 0) is 36.6 Å². The smallest absolute Gasteiger partial charge is 0.184 e. The Kier molecular flexibility index (Phi) is 5.22. The van der Waals surface area contributed by atoms with Gasteiger partial charge >= 0.3 is 0 Å². The number of Topliss-reactive ketones (excluding diaryl/α,β-unsaturated/α-hetero) is 1. The number of carbonyl (C=O) groups excluding carboxylic acids is 1. The van der Waals surface area contributed by atoms with Crippen LogP contribution < -0.4 is 14.4 Å². The minimum absolute atomic E-state index is 0.111. The number of carbonyl (C=O) groups is 1. The Morgan fingerprint density at radius 3 is 2.71 bits per heavy atom. The third kappa shape index (κ3) is 3.22. The fraction of sp³-hybridized carbons (Fsp3) is 0.455.